The molecule has 0 saturated carbocycles. The molecule has 3 rings (SSSR count). The Morgan fingerprint density at radius 3 is 2.61 bits per heavy atom. The lowest BCUT2D eigenvalue weighted by molar-refractivity contribution is -0.142. The van der Waals surface area contributed by atoms with Gasteiger partial charge in [-0.05, 0) is 37.6 Å². The van der Waals surface area contributed by atoms with Crippen molar-refractivity contribution in [2.45, 2.75) is 20.3 Å². The number of aryl methyl sites for hydroxylation is 1. The number of nitrogens with zero attached hydrogens (tertiary/aromatic N) is 1. The second-order valence-electron chi connectivity index (χ2n) is 5.54. The fourth-order valence-corrected chi connectivity index (χ4v) is 2.69. The number of benzene rings is 2. The average molecular weight is 305 g/mol. The first-order valence-electron chi connectivity index (χ1n) is 7.78. The zero-order valence-electron chi connectivity index (χ0n) is 13.4. The average Bonchev–Trinajstić information content (AvgIpc) is 2.55. The van der Waals surface area contributed by atoms with Gasteiger partial charge in [-0.2, -0.15) is 0 Å². The lowest BCUT2D eigenvalue weighted by atomic mass is 10.0. The number of aromatic nitrogens is 1. The third-order valence-electron chi connectivity index (χ3n) is 3.74. The van der Waals surface area contributed by atoms with E-state index in [0.717, 1.165) is 27.7 Å². The van der Waals surface area contributed by atoms with E-state index in [2.05, 4.69) is 25.1 Å². The maximum Gasteiger partial charge on any atom is 0.310 e. The summed E-state index contributed by atoms with van der Waals surface area (Å²) in [7, 11) is 0. The van der Waals surface area contributed by atoms with Crippen LogP contribution in [0, 0.1) is 6.92 Å². The lowest BCUT2D eigenvalue weighted by Crippen LogP contribution is -2.09. The van der Waals surface area contributed by atoms with Gasteiger partial charge < -0.3 is 4.74 Å². The predicted molar refractivity (Wildman–Crippen MR) is 92.3 cm³/mol. The van der Waals surface area contributed by atoms with Gasteiger partial charge in [0.2, 0.25) is 0 Å². The summed E-state index contributed by atoms with van der Waals surface area (Å²) in [5, 5.41) is 1.05. The molecule has 0 atom stereocenters. The summed E-state index contributed by atoms with van der Waals surface area (Å²) >= 11 is 0. The summed E-state index contributed by atoms with van der Waals surface area (Å²) in [5.74, 6) is -0.224. The largest absolute Gasteiger partial charge is 0.466 e. The number of rotatable bonds is 4. The molecule has 0 fully saturated rings. The van der Waals surface area contributed by atoms with Crippen molar-refractivity contribution in [1.82, 2.24) is 4.98 Å². The molecular weight excluding hydrogens is 286 g/mol. The quantitative estimate of drug-likeness (QED) is 0.674. The molecule has 116 valence electrons. The van der Waals surface area contributed by atoms with Crippen LogP contribution in [0.25, 0.3) is 22.2 Å². The number of pyridine rings is 1. The van der Waals surface area contributed by atoms with Gasteiger partial charge in [0.25, 0.3) is 0 Å². The van der Waals surface area contributed by atoms with E-state index in [9.17, 15) is 4.79 Å². The Morgan fingerprint density at radius 2 is 1.87 bits per heavy atom. The first-order chi connectivity index (χ1) is 11.2. The van der Waals surface area contributed by atoms with E-state index >= 15 is 0 Å². The highest BCUT2D eigenvalue weighted by molar-refractivity contribution is 5.86. The topological polar surface area (TPSA) is 39.2 Å². The van der Waals surface area contributed by atoms with Crippen molar-refractivity contribution < 1.29 is 9.53 Å². The molecule has 23 heavy (non-hydrogen) atoms. The molecule has 0 radical (unpaired) electrons. The predicted octanol–water partition coefficient (Wildman–Crippen LogP) is 4.32. The number of fused-ring (bicyclic) bond motifs is 1. The summed E-state index contributed by atoms with van der Waals surface area (Å²) < 4.78 is 5.11. The summed E-state index contributed by atoms with van der Waals surface area (Å²) in [6.07, 6.45) is 0.231. The maximum atomic E-state index is 11.9. The van der Waals surface area contributed by atoms with Gasteiger partial charge in [-0.25, -0.2) is 4.98 Å². The standard InChI is InChI=1S/C20H19NO2/c1-3-23-19(22)13-17-12-16-11-14(2)9-10-18(16)21-20(17)15-7-5-4-6-8-15/h4-12H,3,13H2,1-2H3. The molecule has 0 unspecified atom stereocenters. The number of carbonyl (C=O) groups excluding carboxylic acids is 1. The minimum atomic E-state index is -0.224. The van der Waals surface area contributed by atoms with Crippen LogP contribution in [-0.4, -0.2) is 17.6 Å². The zero-order valence-corrected chi connectivity index (χ0v) is 13.4. The van der Waals surface area contributed by atoms with Crippen molar-refractivity contribution in [2.75, 3.05) is 6.61 Å². The number of hydrogen-bond donors (Lipinski definition) is 0. The number of carbonyl (C=O) groups is 1. The molecule has 0 amide bonds. The Labute approximate surface area is 135 Å². The normalized spacial score (nSPS) is 10.7. The van der Waals surface area contributed by atoms with E-state index in [1.54, 1.807) is 0 Å². The number of ether oxygens (including phenoxy) is 1. The van der Waals surface area contributed by atoms with Crippen molar-refractivity contribution >= 4 is 16.9 Å². The zero-order chi connectivity index (χ0) is 16.2. The van der Waals surface area contributed by atoms with Gasteiger partial charge in [0.15, 0.2) is 0 Å². The first-order valence-corrected chi connectivity index (χ1v) is 7.78. The van der Waals surface area contributed by atoms with E-state index in [-0.39, 0.29) is 12.4 Å². The molecule has 3 aromatic rings. The van der Waals surface area contributed by atoms with Gasteiger partial charge in [-0.3, -0.25) is 4.79 Å². The van der Waals surface area contributed by atoms with Crippen molar-refractivity contribution in [3.63, 3.8) is 0 Å². The van der Waals surface area contributed by atoms with Crippen LogP contribution in [0.5, 0.6) is 0 Å². The van der Waals surface area contributed by atoms with Crippen molar-refractivity contribution in [2.24, 2.45) is 0 Å². The molecule has 0 aliphatic carbocycles. The van der Waals surface area contributed by atoms with Crippen LogP contribution < -0.4 is 0 Å². The summed E-state index contributed by atoms with van der Waals surface area (Å²) in [5.41, 5.74) is 4.85. The first kappa shape index (κ1) is 15.2. The minimum Gasteiger partial charge on any atom is -0.466 e. The van der Waals surface area contributed by atoms with E-state index in [1.165, 1.54) is 5.56 Å². The van der Waals surface area contributed by atoms with E-state index < -0.39 is 0 Å². The SMILES string of the molecule is CCOC(=O)Cc1cc2cc(C)ccc2nc1-c1ccccc1. The van der Waals surface area contributed by atoms with Crippen LogP contribution >= 0.6 is 0 Å². The van der Waals surface area contributed by atoms with Crippen LogP contribution in [0.4, 0.5) is 0 Å². The molecule has 0 aliphatic heterocycles. The fourth-order valence-electron chi connectivity index (χ4n) is 2.69. The van der Waals surface area contributed by atoms with E-state index in [0.29, 0.717) is 6.61 Å². The Hall–Kier alpha value is -2.68. The third kappa shape index (κ3) is 3.39. The van der Waals surface area contributed by atoms with Crippen LogP contribution in [0.1, 0.15) is 18.1 Å². The van der Waals surface area contributed by atoms with Crippen LogP contribution in [0.3, 0.4) is 0 Å². The molecule has 2 aromatic carbocycles. The highest BCUT2D eigenvalue weighted by Crippen LogP contribution is 2.26. The lowest BCUT2D eigenvalue weighted by Gasteiger charge is -2.11. The molecule has 0 spiro atoms. The highest BCUT2D eigenvalue weighted by Gasteiger charge is 2.13. The molecule has 0 bridgehead atoms. The molecule has 3 nitrogen and oxygen atoms in total. The third-order valence-corrected chi connectivity index (χ3v) is 3.74. The Morgan fingerprint density at radius 1 is 1.09 bits per heavy atom. The van der Waals surface area contributed by atoms with Crippen LogP contribution in [0.2, 0.25) is 0 Å². The fraction of sp³-hybridized carbons (Fsp3) is 0.200. The molecule has 0 N–H and O–H groups in total. The highest BCUT2D eigenvalue weighted by atomic mass is 16.5. The Kier molecular flexibility index (Phi) is 4.38. The second kappa shape index (κ2) is 6.61. The summed E-state index contributed by atoms with van der Waals surface area (Å²) in [6.45, 7) is 4.26. The maximum absolute atomic E-state index is 11.9. The van der Waals surface area contributed by atoms with Gasteiger partial charge in [-0.1, -0.05) is 42.0 Å². The van der Waals surface area contributed by atoms with Gasteiger partial charge >= 0.3 is 5.97 Å². The van der Waals surface area contributed by atoms with Gasteiger partial charge in [-0.15, -0.1) is 0 Å². The van der Waals surface area contributed by atoms with Crippen molar-refractivity contribution in [3.05, 3.63) is 65.7 Å². The summed E-state index contributed by atoms with van der Waals surface area (Å²) in [4.78, 5) is 16.7. The molecule has 0 saturated heterocycles. The molecule has 1 heterocycles. The van der Waals surface area contributed by atoms with E-state index in [4.69, 9.17) is 9.72 Å². The molecule has 3 heteroatoms. The smallest absolute Gasteiger partial charge is 0.310 e. The number of hydrogen-bond acceptors (Lipinski definition) is 3. The Bertz CT molecular complexity index is 841. The van der Waals surface area contributed by atoms with Gasteiger partial charge in [0.05, 0.1) is 24.2 Å². The number of esters is 1. The van der Waals surface area contributed by atoms with Crippen LogP contribution in [-0.2, 0) is 16.0 Å². The summed E-state index contributed by atoms with van der Waals surface area (Å²) in [6, 6.07) is 18.2. The molecular formula is C20H19NO2. The van der Waals surface area contributed by atoms with Crippen LogP contribution in [0.15, 0.2) is 54.6 Å². The second-order valence-corrected chi connectivity index (χ2v) is 5.54. The molecule has 1 aromatic heterocycles. The van der Waals surface area contributed by atoms with Crippen molar-refractivity contribution in [3.8, 4) is 11.3 Å². The van der Waals surface area contributed by atoms with E-state index in [1.807, 2.05) is 43.3 Å². The van der Waals surface area contributed by atoms with Crippen molar-refractivity contribution in [1.29, 1.82) is 0 Å². The monoisotopic (exact) mass is 305 g/mol. The van der Waals surface area contributed by atoms with Gasteiger partial charge in [0.1, 0.15) is 0 Å². The van der Waals surface area contributed by atoms with Gasteiger partial charge in [0, 0.05) is 10.9 Å². The molecule has 0 aliphatic rings. The Balaban J connectivity index is 2.14. The minimum absolute atomic E-state index is 0.224.